The van der Waals surface area contributed by atoms with Crippen LogP contribution < -0.4 is 11.5 Å². The molecule has 1 atom stereocenters. The molecule has 0 rings (SSSR count). The lowest BCUT2D eigenvalue weighted by Gasteiger charge is -2.11. The van der Waals surface area contributed by atoms with Gasteiger partial charge in [-0.2, -0.15) is 0 Å². The van der Waals surface area contributed by atoms with Gasteiger partial charge in [0.05, 0.1) is 0 Å². The highest BCUT2D eigenvalue weighted by Gasteiger charge is 2.09. The van der Waals surface area contributed by atoms with Gasteiger partial charge in [0, 0.05) is 11.1 Å². The molecule has 0 aromatic carbocycles. The highest BCUT2D eigenvalue weighted by atomic mass is 16.1. The number of carbonyl (C=O) groups is 2. The lowest BCUT2D eigenvalue weighted by atomic mass is 9.95. The fourth-order valence-electron chi connectivity index (χ4n) is 1.41. The van der Waals surface area contributed by atoms with Crippen LogP contribution in [0.1, 0.15) is 32.6 Å². The topological polar surface area (TPSA) is 86.2 Å². The van der Waals surface area contributed by atoms with Gasteiger partial charge in [-0.25, -0.2) is 0 Å². The van der Waals surface area contributed by atoms with E-state index in [1.807, 2.05) is 6.92 Å². The minimum Gasteiger partial charge on any atom is -0.366 e. The van der Waals surface area contributed by atoms with Gasteiger partial charge < -0.3 is 11.5 Å². The van der Waals surface area contributed by atoms with E-state index in [0.29, 0.717) is 29.9 Å². The normalized spacial score (nSPS) is 11.8. The van der Waals surface area contributed by atoms with Crippen LogP contribution in [0.2, 0.25) is 0 Å². The first-order valence-electron chi connectivity index (χ1n) is 5.29. The van der Waals surface area contributed by atoms with Gasteiger partial charge in [0.1, 0.15) is 0 Å². The number of hydrogen-bond donors (Lipinski definition) is 2. The second-order valence-electron chi connectivity index (χ2n) is 4.14. The van der Waals surface area contributed by atoms with Gasteiger partial charge in [-0.1, -0.05) is 26.5 Å². The van der Waals surface area contributed by atoms with E-state index in [1.165, 1.54) is 0 Å². The van der Waals surface area contributed by atoms with Crippen molar-refractivity contribution < 1.29 is 9.59 Å². The van der Waals surface area contributed by atoms with Crippen LogP contribution in [0.25, 0.3) is 0 Å². The van der Waals surface area contributed by atoms with Crippen LogP contribution in [0.4, 0.5) is 0 Å². The summed E-state index contributed by atoms with van der Waals surface area (Å²) in [6, 6.07) is 0. The molecule has 4 nitrogen and oxygen atoms in total. The molecule has 0 fully saturated rings. The van der Waals surface area contributed by atoms with Crippen molar-refractivity contribution in [2.24, 2.45) is 17.4 Å². The highest BCUT2D eigenvalue weighted by molar-refractivity contribution is 5.91. The Labute approximate surface area is 96.4 Å². The SMILES string of the molecule is C=C(CCCC(C)CC(=C)C(N)=O)C(N)=O. The van der Waals surface area contributed by atoms with Crippen LogP contribution >= 0.6 is 0 Å². The van der Waals surface area contributed by atoms with Crippen LogP contribution in [0.3, 0.4) is 0 Å². The summed E-state index contributed by atoms with van der Waals surface area (Å²) >= 11 is 0. The van der Waals surface area contributed by atoms with Gasteiger partial charge in [0.2, 0.25) is 11.8 Å². The smallest absolute Gasteiger partial charge is 0.244 e. The molecule has 90 valence electrons. The van der Waals surface area contributed by atoms with Crippen LogP contribution in [0.15, 0.2) is 24.3 Å². The molecule has 1 unspecified atom stereocenters. The molecule has 4 heteroatoms. The van der Waals surface area contributed by atoms with E-state index in [2.05, 4.69) is 13.2 Å². The quantitative estimate of drug-likeness (QED) is 0.608. The van der Waals surface area contributed by atoms with Crippen molar-refractivity contribution in [3.8, 4) is 0 Å². The highest BCUT2D eigenvalue weighted by Crippen LogP contribution is 2.17. The predicted octanol–water partition coefficient (Wildman–Crippen LogP) is 1.27. The molecular weight excluding hydrogens is 204 g/mol. The molecule has 0 saturated carbocycles. The summed E-state index contributed by atoms with van der Waals surface area (Å²) in [7, 11) is 0. The van der Waals surface area contributed by atoms with Crippen LogP contribution in [0.5, 0.6) is 0 Å². The third-order valence-corrected chi connectivity index (χ3v) is 2.47. The molecule has 0 saturated heterocycles. The standard InChI is InChI=1S/C12H20N2O2/c1-8(7-10(3)12(14)16)5-4-6-9(2)11(13)15/h8H,2-7H2,1H3,(H2,13,15)(H2,14,16). The van der Waals surface area contributed by atoms with Gasteiger partial charge in [-0.3, -0.25) is 9.59 Å². The van der Waals surface area contributed by atoms with Gasteiger partial charge in [0.15, 0.2) is 0 Å². The van der Waals surface area contributed by atoms with Crippen molar-refractivity contribution in [1.29, 1.82) is 0 Å². The van der Waals surface area contributed by atoms with E-state index in [-0.39, 0.29) is 0 Å². The lowest BCUT2D eigenvalue weighted by Crippen LogP contribution is -2.15. The third kappa shape index (κ3) is 6.01. The Morgan fingerprint density at radius 1 is 1.12 bits per heavy atom. The summed E-state index contributed by atoms with van der Waals surface area (Å²) in [5.74, 6) is -0.580. The average molecular weight is 224 g/mol. The van der Waals surface area contributed by atoms with Gasteiger partial charge in [-0.15, -0.1) is 0 Å². The molecule has 0 heterocycles. The molecule has 0 spiro atoms. The number of primary amides is 2. The van der Waals surface area contributed by atoms with E-state index < -0.39 is 11.8 Å². The van der Waals surface area contributed by atoms with E-state index in [4.69, 9.17) is 11.5 Å². The summed E-state index contributed by atoms with van der Waals surface area (Å²) in [6.07, 6.45) is 2.91. The lowest BCUT2D eigenvalue weighted by molar-refractivity contribution is -0.115. The summed E-state index contributed by atoms with van der Waals surface area (Å²) in [5, 5.41) is 0. The molecule has 0 radical (unpaired) electrons. The molecule has 0 aromatic heterocycles. The first kappa shape index (κ1) is 14.4. The molecule has 0 aliphatic heterocycles. The van der Waals surface area contributed by atoms with Crippen molar-refractivity contribution in [2.45, 2.75) is 32.6 Å². The van der Waals surface area contributed by atoms with E-state index in [9.17, 15) is 9.59 Å². The number of nitrogens with two attached hydrogens (primary N) is 2. The van der Waals surface area contributed by atoms with E-state index in [1.54, 1.807) is 0 Å². The summed E-state index contributed by atoms with van der Waals surface area (Å²) in [6.45, 7) is 9.19. The molecule has 2 amide bonds. The summed E-state index contributed by atoms with van der Waals surface area (Å²) in [4.78, 5) is 21.4. The van der Waals surface area contributed by atoms with Crippen molar-refractivity contribution in [3.63, 3.8) is 0 Å². The Bertz CT molecular complexity index is 308. The first-order valence-corrected chi connectivity index (χ1v) is 5.29. The summed E-state index contributed by atoms with van der Waals surface area (Å²) in [5.41, 5.74) is 11.0. The molecule has 16 heavy (non-hydrogen) atoms. The number of hydrogen-bond acceptors (Lipinski definition) is 2. The first-order chi connectivity index (χ1) is 7.34. The fraction of sp³-hybridized carbons (Fsp3) is 0.500. The molecule has 0 aromatic rings. The largest absolute Gasteiger partial charge is 0.366 e. The Morgan fingerprint density at radius 3 is 2.06 bits per heavy atom. The second-order valence-corrected chi connectivity index (χ2v) is 4.14. The van der Waals surface area contributed by atoms with Crippen molar-refractivity contribution >= 4 is 11.8 Å². The number of amides is 2. The van der Waals surface area contributed by atoms with Crippen molar-refractivity contribution in [1.82, 2.24) is 0 Å². The Hall–Kier alpha value is -1.58. The number of carbonyl (C=O) groups excluding carboxylic acids is 2. The van der Waals surface area contributed by atoms with Crippen LogP contribution in [0, 0.1) is 5.92 Å². The molecule has 0 aliphatic carbocycles. The predicted molar refractivity (Wildman–Crippen MR) is 64.3 cm³/mol. The maximum atomic E-state index is 10.8. The Kier molecular flexibility index (Phi) is 6.15. The van der Waals surface area contributed by atoms with Gasteiger partial charge in [-0.05, 0) is 25.2 Å². The monoisotopic (exact) mass is 224 g/mol. The maximum absolute atomic E-state index is 10.8. The zero-order valence-corrected chi connectivity index (χ0v) is 9.79. The molecule has 0 aliphatic rings. The minimum atomic E-state index is -0.451. The van der Waals surface area contributed by atoms with Crippen molar-refractivity contribution in [2.75, 3.05) is 0 Å². The zero-order chi connectivity index (χ0) is 12.7. The van der Waals surface area contributed by atoms with Crippen molar-refractivity contribution in [3.05, 3.63) is 24.3 Å². The molecule has 4 N–H and O–H groups in total. The fourth-order valence-corrected chi connectivity index (χ4v) is 1.41. The Balaban J connectivity index is 3.78. The van der Waals surface area contributed by atoms with E-state index >= 15 is 0 Å². The van der Waals surface area contributed by atoms with Crippen LogP contribution in [-0.4, -0.2) is 11.8 Å². The summed E-state index contributed by atoms with van der Waals surface area (Å²) < 4.78 is 0. The Morgan fingerprint density at radius 2 is 1.62 bits per heavy atom. The second kappa shape index (κ2) is 6.82. The average Bonchev–Trinajstić information content (AvgIpc) is 2.16. The zero-order valence-electron chi connectivity index (χ0n) is 9.79. The molecular formula is C12H20N2O2. The number of rotatable bonds is 8. The maximum Gasteiger partial charge on any atom is 0.244 e. The van der Waals surface area contributed by atoms with Crippen LogP contribution in [-0.2, 0) is 9.59 Å². The third-order valence-electron chi connectivity index (χ3n) is 2.47. The minimum absolute atomic E-state index is 0.320. The molecule has 0 bridgehead atoms. The van der Waals surface area contributed by atoms with Gasteiger partial charge >= 0.3 is 0 Å². The van der Waals surface area contributed by atoms with E-state index in [0.717, 1.165) is 12.8 Å². The van der Waals surface area contributed by atoms with Gasteiger partial charge in [0.25, 0.3) is 0 Å².